The van der Waals surface area contributed by atoms with Crippen LogP contribution in [0.15, 0.2) is 43.0 Å². The van der Waals surface area contributed by atoms with Gasteiger partial charge in [-0.15, -0.1) is 32.3 Å². The van der Waals surface area contributed by atoms with Gasteiger partial charge in [0.2, 0.25) is 5.91 Å². The molecule has 5 aliphatic rings. The van der Waals surface area contributed by atoms with Crippen LogP contribution in [0.1, 0.15) is 129 Å². The van der Waals surface area contributed by atoms with E-state index in [1.54, 1.807) is 18.2 Å². The number of amides is 1. The minimum absolute atomic E-state index is 0.0355. The number of aromatic carboxylic acids is 1. The number of allylic oxidation sites excluding steroid dienone is 3. The molecular formula is C46H70N2O3. The topological polar surface area (TPSA) is 69.6 Å². The van der Waals surface area contributed by atoms with Crippen LogP contribution in [0.25, 0.3) is 5.57 Å². The summed E-state index contributed by atoms with van der Waals surface area (Å²) in [7, 11) is 4.15. The van der Waals surface area contributed by atoms with Gasteiger partial charge in [0.1, 0.15) is 0 Å². The maximum absolute atomic E-state index is 13.8. The van der Waals surface area contributed by atoms with Crippen molar-refractivity contribution in [1.29, 1.82) is 0 Å². The lowest BCUT2D eigenvalue weighted by atomic mass is 9.36. The van der Waals surface area contributed by atoms with Crippen molar-refractivity contribution in [2.45, 2.75) is 113 Å². The predicted molar refractivity (Wildman–Crippen MR) is 216 cm³/mol. The van der Waals surface area contributed by atoms with E-state index in [0.29, 0.717) is 40.6 Å². The highest BCUT2D eigenvalue weighted by Crippen LogP contribution is 2.73. The SMILES string of the molecule is C#C.C#C.C=CC.CC.CN(C)CCNC(=O)[C@]12CCCC1[C@H]1CCC3[C@@](C)(CCC4C(C)(C)C(c5ccc(C(=O)O)cc5)=CC[C@@]43C)C1CC2. The van der Waals surface area contributed by atoms with E-state index < -0.39 is 5.97 Å². The normalized spacial score (nSPS) is 33.6. The molecular weight excluding hydrogens is 629 g/mol. The van der Waals surface area contributed by atoms with E-state index in [-0.39, 0.29) is 16.2 Å². The summed E-state index contributed by atoms with van der Waals surface area (Å²) in [6.45, 7) is 21.1. The Labute approximate surface area is 312 Å². The highest BCUT2D eigenvalue weighted by molar-refractivity contribution is 5.88. The molecule has 4 unspecified atom stereocenters. The van der Waals surface area contributed by atoms with Crippen LogP contribution < -0.4 is 5.32 Å². The number of likely N-dealkylation sites (N-methyl/N-ethyl adjacent to an activating group) is 1. The predicted octanol–water partition coefficient (Wildman–Crippen LogP) is 10.2. The van der Waals surface area contributed by atoms with E-state index in [1.807, 2.05) is 32.9 Å². The van der Waals surface area contributed by atoms with Crippen molar-refractivity contribution in [3.8, 4) is 25.7 Å². The van der Waals surface area contributed by atoms with Gasteiger partial charge in [0.05, 0.1) is 11.0 Å². The quantitative estimate of drug-likeness (QED) is 0.229. The van der Waals surface area contributed by atoms with Crippen LogP contribution >= 0.6 is 0 Å². The number of carboxylic acid groups (broad SMARTS) is 1. The van der Waals surface area contributed by atoms with E-state index in [2.05, 4.69) is 90.4 Å². The van der Waals surface area contributed by atoms with E-state index in [1.165, 1.54) is 56.1 Å². The Kier molecular flexibility index (Phi) is 15.9. The monoisotopic (exact) mass is 699 g/mol. The van der Waals surface area contributed by atoms with E-state index in [0.717, 1.165) is 38.3 Å². The van der Waals surface area contributed by atoms with Crippen LogP contribution in [0.5, 0.6) is 0 Å². The second-order valence-corrected chi connectivity index (χ2v) is 16.6. The first kappa shape index (κ1) is 43.9. The molecule has 0 radical (unpaired) electrons. The standard InChI is InChI=1S/C37H54N2O3.C3H6.C2H6.2C2H2/c1-34(2)27(24-9-11-25(12-10-24)32(40)41)15-19-36(4)30(34)17-20-35(3)28-16-21-37(33(42)38-22-23-39(5)6)18-7-8-29(37)26(28)13-14-31(35)36;1-3-2;3*1-2/h9-12,15,26,28-31H,7-8,13-14,16-23H2,1-6H3,(H,38,42)(H,40,41);3H,1H2,2H3;1-2H3;2*1-2H/t26-,28?,29?,30?,31?,35-,36-,37-;;;;/m0..../s1. The summed E-state index contributed by atoms with van der Waals surface area (Å²) >= 11 is 0. The number of hydrogen-bond donors (Lipinski definition) is 2. The highest BCUT2D eigenvalue weighted by Gasteiger charge is 2.66. The summed E-state index contributed by atoms with van der Waals surface area (Å²) in [5.41, 5.74) is 3.44. The Bertz CT molecular complexity index is 1380. The largest absolute Gasteiger partial charge is 0.478 e. The fourth-order valence-corrected chi connectivity index (χ4v) is 12.1. The van der Waals surface area contributed by atoms with E-state index in [9.17, 15) is 14.7 Å². The number of carbonyl (C=O) groups excluding carboxylic acids is 1. The summed E-state index contributed by atoms with van der Waals surface area (Å²) in [6, 6.07) is 7.56. The molecule has 51 heavy (non-hydrogen) atoms. The lowest BCUT2D eigenvalue weighted by molar-refractivity contribution is -0.181. The molecule has 0 aromatic heterocycles. The van der Waals surface area contributed by atoms with Gasteiger partial charge in [-0.25, -0.2) is 4.79 Å². The number of carboxylic acids is 1. The molecule has 0 bridgehead atoms. The van der Waals surface area contributed by atoms with Crippen LogP contribution in [0.3, 0.4) is 0 Å². The molecule has 282 valence electrons. The minimum Gasteiger partial charge on any atom is -0.478 e. The molecule has 5 aliphatic carbocycles. The highest BCUT2D eigenvalue weighted by atomic mass is 16.4. The number of nitrogens with one attached hydrogen (secondary N) is 1. The zero-order valence-electron chi connectivity index (χ0n) is 33.6. The van der Waals surface area contributed by atoms with Gasteiger partial charge in [0, 0.05) is 13.1 Å². The van der Waals surface area contributed by atoms with Gasteiger partial charge >= 0.3 is 5.97 Å². The van der Waals surface area contributed by atoms with Crippen molar-refractivity contribution < 1.29 is 14.7 Å². The minimum atomic E-state index is -0.865. The Hall–Kier alpha value is -3.28. The van der Waals surface area contributed by atoms with Gasteiger partial charge in [-0.2, -0.15) is 0 Å². The zero-order chi connectivity index (χ0) is 38.8. The number of nitrogens with zero attached hydrogens (tertiary/aromatic N) is 1. The van der Waals surface area contributed by atoms with Crippen molar-refractivity contribution in [3.05, 3.63) is 54.1 Å². The number of benzene rings is 1. The van der Waals surface area contributed by atoms with Gasteiger partial charge in [0.25, 0.3) is 0 Å². The maximum atomic E-state index is 13.8. The summed E-state index contributed by atoms with van der Waals surface area (Å²) in [6.07, 6.45) is 32.4. The number of rotatable bonds is 6. The third kappa shape index (κ3) is 8.20. The Morgan fingerprint density at radius 2 is 1.49 bits per heavy atom. The molecule has 0 saturated heterocycles. The van der Waals surface area contributed by atoms with E-state index >= 15 is 0 Å². The number of hydrogen-bond acceptors (Lipinski definition) is 3. The van der Waals surface area contributed by atoms with E-state index in [4.69, 9.17) is 0 Å². The average molecular weight is 699 g/mol. The van der Waals surface area contributed by atoms with Crippen LogP contribution in [0.2, 0.25) is 0 Å². The second kappa shape index (κ2) is 18.5. The van der Waals surface area contributed by atoms with Gasteiger partial charge in [0.15, 0.2) is 0 Å². The van der Waals surface area contributed by atoms with Crippen molar-refractivity contribution in [1.82, 2.24) is 10.2 Å². The summed E-state index contributed by atoms with van der Waals surface area (Å²) < 4.78 is 0. The third-order valence-corrected chi connectivity index (χ3v) is 13.8. The third-order valence-electron chi connectivity index (χ3n) is 13.8. The number of fused-ring (bicyclic) bond motifs is 7. The van der Waals surface area contributed by atoms with Crippen molar-refractivity contribution >= 4 is 17.4 Å². The molecule has 1 amide bonds. The Morgan fingerprint density at radius 1 is 0.882 bits per heavy atom. The molecule has 2 N–H and O–H groups in total. The smallest absolute Gasteiger partial charge is 0.335 e. The van der Waals surface area contributed by atoms with Crippen molar-refractivity contribution in [2.24, 2.45) is 51.2 Å². The lowest BCUT2D eigenvalue weighted by Gasteiger charge is -2.68. The maximum Gasteiger partial charge on any atom is 0.335 e. The van der Waals surface area contributed by atoms with Crippen molar-refractivity contribution in [3.63, 3.8) is 0 Å². The Balaban J connectivity index is 0.000000923. The first-order valence-electron chi connectivity index (χ1n) is 19.5. The molecule has 0 spiro atoms. The van der Waals surface area contributed by atoms with Gasteiger partial charge in [-0.1, -0.05) is 72.2 Å². The average Bonchev–Trinajstić information content (AvgIpc) is 3.57. The second-order valence-electron chi connectivity index (χ2n) is 16.6. The van der Waals surface area contributed by atoms with Crippen LogP contribution in [-0.2, 0) is 4.79 Å². The van der Waals surface area contributed by atoms with Crippen LogP contribution in [0.4, 0.5) is 0 Å². The summed E-state index contributed by atoms with van der Waals surface area (Å²) in [4.78, 5) is 27.4. The molecule has 4 saturated carbocycles. The van der Waals surface area contributed by atoms with Crippen LogP contribution in [0, 0.1) is 76.9 Å². The molecule has 6 rings (SSSR count). The molecule has 1 aromatic carbocycles. The Morgan fingerprint density at radius 3 is 2.06 bits per heavy atom. The fraction of sp³-hybridized carbons (Fsp3) is 0.652. The van der Waals surface area contributed by atoms with Gasteiger partial charge in [-0.3, -0.25) is 4.79 Å². The molecule has 5 heteroatoms. The molecule has 4 fully saturated rings. The first-order valence-corrected chi connectivity index (χ1v) is 19.5. The number of terminal acetylenes is 2. The first-order chi connectivity index (χ1) is 24.3. The molecule has 1 aromatic rings. The summed E-state index contributed by atoms with van der Waals surface area (Å²) in [5.74, 6) is 2.79. The lowest BCUT2D eigenvalue weighted by Crippen LogP contribution is -2.62. The zero-order valence-corrected chi connectivity index (χ0v) is 33.6. The van der Waals surface area contributed by atoms with Gasteiger partial charge in [-0.05, 0) is 148 Å². The molecule has 5 nitrogen and oxygen atoms in total. The number of carbonyl (C=O) groups is 2. The molecule has 0 heterocycles. The molecule has 8 atom stereocenters. The summed E-state index contributed by atoms with van der Waals surface area (Å²) in [5, 5.41) is 12.8. The van der Waals surface area contributed by atoms with Crippen molar-refractivity contribution in [2.75, 3.05) is 27.2 Å². The van der Waals surface area contributed by atoms with Gasteiger partial charge < -0.3 is 15.3 Å². The fourth-order valence-electron chi connectivity index (χ4n) is 12.1. The van der Waals surface area contributed by atoms with Crippen LogP contribution in [-0.4, -0.2) is 49.1 Å². The molecule has 0 aliphatic heterocycles.